The summed E-state index contributed by atoms with van der Waals surface area (Å²) in [6.45, 7) is 7.04. The molecule has 0 aliphatic carbocycles. The fourth-order valence-corrected chi connectivity index (χ4v) is 4.41. The van der Waals surface area contributed by atoms with Crippen LogP contribution in [-0.4, -0.2) is 50.0 Å². The van der Waals surface area contributed by atoms with E-state index in [-0.39, 0.29) is 34.2 Å². The highest BCUT2D eigenvalue weighted by atomic mass is 35.5. The van der Waals surface area contributed by atoms with E-state index in [4.69, 9.17) is 23.2 Å². The molecule has 10 heteroatoms. The van der Waals surface area contributed by atoms with E-state index in [1.807, 2.05) is 45.0 Å². The normalized spacial score (nSPS) is 13.1. The number of carbonyl (C=O) groups is 2. The third-order valence-corrected chi connectivity index (χ3v) is 7.52. The van der Waals surface area contributed by atoms with Crippen LogP contribution in [0.4, 0.5) is 5.69 Å². The van der Waals surface area contributed by atoms with Crippen molar-refractivity contribution >= 4 is 50.7 Å². The summed E-state index contributed by atoms with van der Waals surface area (Å²) in [6, 6.07) is 11.0. The van der Waals surface area contributed by atoms with Crippen molar-refractivity contribution in [1.82, 2.24) is 10.2 Å². The smallest absolute Gasteiger partial charge is 0.244 e. The van der Waals surface area contributed by atoms with E-state index in [0.717, 1.165) is 28.1 Å². The molecule has 2 atom stereocenters. The van der Waals surface area contributed by atoms with Gasteiger partial charge in [0.15, 0.2) is 0 Å². The molecule has 0 saturated carbocycles. The highest BCUT2D eigenvalue weighted by Gasteiger charge is 2.30. The van der Waals surface area contributed by atoms with Crippen LogP contribution in [0.5, 0.6) is 0 Å². The van der Waals surface area contributed by atoms with Crippen LogP contribution in [0.3, 0.4) is 0 Å². The van der Waals surface area contributed by atoms with Crippen molar-refractivity contribution in [1.29, 1.82) is 0 Å². The quantitative estimate of drug-likeness (QED) is 0.495. The van der Waals surface area contributed by atoms with Crippen LogP contribution in [0.1, 0.15) is 38.3 Å². The molecule has 34 heavy (non-hydrogen) atoms. The second-order valence-corrected chi connectivity index (χ2v) is 11.0. The van der Waals surface area contributed by atoms with Gasteiger partial charge in [-0.15, -0.1) is 0 Å². The first-order chi connectivity index (χ1) is 15.8. The van der Waals surface area contributed by atoms with Gasteiger partial charge in [0.25, 0.3) is 0 Å². The van der Waals surface area contributed by atoms with Gasteiger partial charge in [-0.2, -0.15) is 0 Å². The van der Waals surface area contributed by atoms with Crippen LogP contribution in [0.25, 0.3) is 0 Å². The summed E-state index contributed by atoms with van der Waals surface area (Å²) in [5, 5.41) is 3.33. The predicted octanol–water partition coefficient (Wildman–Crippen LogP) is 4.40. The van der Waals surface area contributed by atoms with Crippen molar-refractivity contribution < 1.29 is 18.0 Å². The molecule has 7 nitrogen and oxygen atoms in total. The first-order valence-electron chi connectivity index (χ1n) is 10.9. The Morgan fingerprint density at radius 3 is 2.26 bits per heavy atom. The van der Waals surface area contributed by atoms with E-state index >= 15 is 0 Å². The average molecular weight is 529 g/mol. The van der Waals surface area contributed by atoms with Gasteiger partial charge in [0.2, 0.25) is 21.8 Å². The fraction of sp³-hybridized carbons (Fsp3) is 0.417. The predicted molar refractivity (Wildman–Crippen MR) is 138 cm³/mol. The van der Waals surface area contributed by atoms with Gasteiger partial charge in [-0.3, -0.25) is 13.9 Å². The summed E-state index contributed by atoms with van der Waals surface area (Å²) in [4.78, 5) is 27.8. The maximum Gasteiger partial charge on any atom is 0.244 e. The number of nitrogens with one attached hydrogen (secondary N) is 1. The molecular formula is C24H31Cl2N3O4S. The van der Waals surface area contributed by atoms with Crippen molar-refractivity contribution in [2.45, 2.75) is 52.7 Å². The number of carbonyl (C=O) groups excluding carboxylic acids is 2. The Labute approximate surface area is 212 Å². The number of halogens is 2. The number of sulfonamides is 1. The average Bonchev–Trinajstić information content (AvgIpc) is 2.77. The molecule has 1 N–H and O–H groups in total. The lowest BCUT2D eigenvalue weighted by Gasteiger charge is -2.32. The maximum atomic E-state index is 13.5. The molecule has 0 bridgehead atoms. The lowest BCUT2D eigenvalue weighted by atomic mass is 10.1. The summed E-state index contributed by atoms with van der Waals surface area (Å²) in [5.41, 5.74) is 2.02. The topological polar surface area (TPSA) is 86.8 Å². The van der Waals surface area contributed by atoms with E-state index in [0.29, 0.717) is 0 Å². The van der Waals surface area contributed by atoms with Crippen LogP contribution in [0.15, 0.2) is 42.5 Å². The van der Waals surface area contributed by atoms with E-state index in [1.165, 1.54) is 23.1 Å². The minimum Gasteiger partial charge on any atom is -0.352 e. The summed E-state index contributed by atoms with van der Waals surface area (Å²) in [6.07, 6.45) is 1.75. The molecule has 0 aromatic heterocycles. The van der Waals surface area contributed by atoms with Gasteiger partial charge in [0, 0.05) is 12.6 Å². The van der Waals surface area contributed by atoms with Crippen LogP contribution in [0.2, 0.25) is 10.0 Å². The lowest BCUT2D eigenvalue weighted by molar-refractivity contribution is -0.139. The van der Waals surface area contributed by atoms with Crippen LogP contribution >= 0.6 is 23.2 Å². The highest BCUT2D eigenvalue weighted by Crippen LogP contribution is 2.28. The Bertz CT molecular complexity index is 1140. The number of anilines is 1. The third kappa shape index (κ3) is 7.35. The summed E-state index contributed by atoms with van der Waals surface area (Å²) in [5.74, 6) is -0.830. The second-order valence-electron chi connectivity index (χ2n) is 8.31. The molecule has 0 unspecified atom stereocenters. The lowest BCUT2D eigenvalue weighted by Crippen LogP contribution is -2.52. The van der Waals surface area contributed by atoms with E-state index in [9.17, 15) is 18.0 Å². The second kappa shape index (κ2) is 11.9. The molecule has 0 spiro atoms. The molecule has 0 radical (unpaired) electrons. The monoisotopic (exact) mass is 527 g/mol. The molecule has 0 saturated heterocycles. The Morgan fingerprint density at radius 2 is 1.71 bits per heavy atom. The van der Waals surface area contributed by atoms with Crippen LogP contribution in [-0.2, 0) is 26.2 Å². The van der Waals surface area contributed by atoms with Crippen molar-refractivity contribution in [2.75, 3.05) is 17.1 Å². The number of nitrogens with zero attached hydrogens (tertiary/aromatic N) is 2. The number of hydrogen-bond donors (Lipinski definition) is 1. The van der Waals surface area contributed by atoms with Gasteiger partial charge in [0.05, 0.1) is 22.0 Å². The van der Waals surface area contributed by atoms with Crippen molar-refractivity contribution in [2.24, 2.45) is 0 Å². The first-order valence-corrected chi connectivity index (χ1v) is 13.5. The van der Waals surface area contributed by atoms with Gasteiger partial charge in [-0.1, -0.05) is 54.4 Å². The molecular weight excluding hydrogens is 497 g/mol. The van der Waals surface area contributed by atoms with Crippen LogP contribution < -0.4 is 9.62 Å². The van der Waals surface area contributed by atoms with Gasteiger partial charge in [0.1, 0.15) is 12.6 Å². The Kier molecular flexibility index (Phi) is 9.79. The minimum absolute atomic E-state index is 0.0610. The highest BCUT2D eigenvalue weighted by molar-refractivity contribution is 7.92. The van der Waals surface area contributed by atoms with Gasteiger partial charge in [-0.25, -0.2) is 8.42 Å². The minimum atomic E-state index is -3.84. The number of aryl methyl sites for hydroxylation is 1. The van der Waals surface area contributed by atoms with E-state index in [2.05, 4.69) is 5.32 Å². The van der Waals surface area contributed by atoms with Crippen molar-refractivity contribution in [3.63, 3.8) is 0 Å². The molecule has 0 aliphatic rings. The van der Waals surface area contributed by atoms with Gasteiger partial charge in [-0.05, 0) is 56.5 Å². The standard InChI is InChI=1S/C24H31Cl2N3O4S/c1-6-17(3)27-24(31)18(4)28(14-19-10-8-7-9-16(19)2)23(30)15-29(34(5,32)33)20-11-12-21(25)22(26)13-20/h7-13,17-18H,6,14-15H2,1-5H3,(H,27,31)/t17-,18+/m0/s1. The number of hydrogen-bond acceptors (Lipinski definition) is 4. The molecule has 2 aromatic carbocycles. The number of amides is 2. The zero-order chi connectivity index (χ0) is 25.6. The Balaban J connectivity index is 2.42. The summed E-state index contributed by atoms with van der Waals surface area (Å²) >= 11 is 12.1. The molecule has 0 fully saturated rings. The molecule has 2 rings (SSSR count). The Morgan fingerprint density at radius 1 is 1.06 bits per heavy atom. The zero-order valence-corrected chi connectivity index (χ0v) is 22.3. The van der Waals surface area contributed by atoms with Gasteiger partial charge >= 0.3 is 0 Å². The number of rotatable bonds is 10. The zero-order valence-electron chi connectivity index (χ0n) is 20.0. The van der Waals surface area contributed by atoms with Crippen LogP contribution in [0, 0.1) is 6.92 Å². The van der Waals surface area contributed by atoms with E-state index in [1.54, 1.807) is 6.92 Å². The van der Waals surface area contributed by atoms with Crippen molar-refractivity contribution in [3.05, 3.63) is 63.6 Å². The number of benzene rings is 2. The summed E-state index contributed by atoms with van der Waals surface area (Å²) in [7, 11) is -3.84. The Hall–Kier alpha value is -2.29. The molecule has 0 heterocycles. The molecule has 2 aromatic rings. The van der Waals surface area contributed by atoms with Gasteiger partial charge < -0.3 is 10.2 Å². The molecule has 2 amide bonds. The largest absolute Gasteiger partial charge is 0.352 e. The third-order valence-electron chi connectivity index (χ3n) is 5.64. The molecule has 186 valence electrons. The molecule has 0 aliphatic heterocycles. The first kappa shape index (κ1) is 28.0. The SMILES string of the molecule is CC[C@H](C)NC(=O)[C@@H](C)N(Cc1ccccc1C)C(=O)CN(c1ccc(Cl)c(Cl)c1)S(C)(=O)=O. The van der Waals surface area contributed by atoms with Crippen molar-refractivity contribution in [3.8, 4) is 0 Å². The van der Waals surface area contributed by atoms with E-state index < -0.39 is 28.5 Å². The summed E-state index contributed by atoms with van der Waals surface area (Å²) < 4.78 is 26.1. The maximum absolute atomic E-state index is 13.5. The fourth-order valence-electron chi connectivity index (χ4n) is 3.27.